The van der Waals surface area contributed by atoms with Crippen molar-refractivity contribution in [3.05, 3.63) is 35.5 Å². The summed E-state index contributed by atoms with van der Waals surface area (Å²) in [5.41, 5.74) is 1.03. The summed E-state index contributed by atoms with van der Waals surface area (Å²) in [6.07, 6.45) is 1.61. The molecule has 0 unspecified atom stereocenters. The van der Waals surface area contributed by atoms with Gasteiger partial charge in [-0.3, -0.25) is 4.79 Å². The van der Waals surface area contributed by atoms with Crippen LogP contribution in [-0.4, -0.2) is 17.8 Å². The van der Waals surface area contributed by atoms with E-state index in [1.807, 2.05) is 0 Å². The summed E-state index contributed by atoms with van der Waals surface area (Å²) in [4.78, 5) is 26.0. The minimum absolute atomic E-state index is 0.257. The molecular weight excluding hydrogens is 234 g/mol. The maximum atomic E-state index is 11.3. The van der Waals surface area contributed by atoms with Crippen LogP contribution in [-0.2, 0) is 14.3 Å². The zero-order chi connectivity index (χ0) is 13.1. The van der Waals surface area contributed by atoms with Crippen LogP contribution in [0.1, 0.15) is 19.4 Å². The monoisotopic (exact) mass is 245 g/mol. The summed E-state index contributed by atoms with van der Waals surface area (Å²) >= 11 is 0. The Morgan fingerprint density at radius 1 is 1.33 bits per heavy atom. The third kappa shape index (κ3) is 2.82. The van der Waals surface area contributed by atoms with Gasteiger partial charge in [0, 0.05) is 13.8 Å². The summed E-state index contributed by atoms with van der Waals surface area (Å²) in [5, 5.41) is 0. The van der Waals surface area contributed by atoms with E-state index < -0.39 is 5.97 Å². The van der Waals surface area contributed by atoms with Crippen molar-refractivity contribution in [3.8, 4) is 5.75 Å². The highest BCUT2D eigenvalue weighted by Gasteiger charge is 2.19. The fourth-order valence-corrected chi connectivity index (χ4v) is 1.47. The molecule has 5 heteroatoms. The number of esters is 2. The SMILES string of the molecule is CC(=O)Oc1ccc(/C=C2\N=C(C)OC2=O)cc1. The van der Waals surface area contributed by atoms with Crippen molar-refractivity contribution in [2.45, 2.75) is 13.8 Å². The van der Waals surface area contributed by atoms with Crippen molar-refractivity contribution in [1.29, 1.82) is 0 Å². The van der Waals surface area contributed by atoms with Crippen LogP contribution in [0.2, 0.25) is 0 Å². The lowest BCUT2D eigenvalue weighted by Crippen LogP contribution is -2.01. The largest absolute Gasteiger partial charge is 0.427 e. The highest BCUT2D eigenvalue weighted by molar-refractivity contribution is 6.06. The van der Waals surface area contributed by atoms with Crippen LogP contribution in [0.5, 0.6) is 5.75 Å². The molecule has 0 spiro atoms. The van der Waals surface area contributed by atoms with Crippen LogP contribution < -0.4 is 4.74 Å². The Morgan fingerprint density at radius 3 is 2.50 bits per heavy atom. The lowest BCUT2D eigenvalue weighted by atomic mass is 10.2. The molecule has 0 saturated carbocycles. The van der Waals surface area contributed by atoms with Crippen molar-refractivity contribution in [2.24, 2.45) is 4.99 Å². The molecule has 0 aliphatic carbocycles. The van der Waals surface area contributed by atoms with Crippen molar-refractivity contribution in [1.82, 2.24) is 0 Å². The van der Waals surface area contributed by atoms with Gasteiger partial charge in [0.15, 0.2) is 11.6 Å². The van der Waals surface area contributed by atoms with E-state index in [-0.39, 0.29) is 11.7 Å². The first-order valence-electron chi connectivity index (χ1n) is 5.32. The first-order chi connectivity index (χ1) is 8.54. The van der Waals surface area contributed by atoms with Gasteiger partial charge in [0.2, 0.25) is 0 Å². The molecular formula is C13H11NO4. The lowest BCUT2D eigenvalue weighted by Gasteiger charge is -2.00. The Bertz CT molecular complexity index is 555. The van der Waals surface area contributed by atoms with Crippen molar-refractivity contribution >= 4 is 23.9 Å². The average molecular weight is 245 g/mol. The molecule has 1 aliphatic heterocycles. The quantitative estimate of drug-likeness (QED) is 0.453. The topological polar surface area (TPSA) is 65.0 Å². The molecule has 0 atom stereocenters. The van der Waals surface area contributed by atoms with Crippen molar-refractivity contribution in [2.75, 3.05) is 0 Å². The minimum atomic E-state index is -0.462. The van der Waals surface area contributed by atoms with E-state index in [4.69, 9.17) is 9.47 Å². The van der Waals surface area contributed by atoms with E-state index in [0.29, 0.717) is 11.6 Å². The second-order valence-electron chi connectivity index (χ2n) is 3.71. The Labute approximate surface area is 104 Å². The molecule has 0 saturated heterocycles. The number of cyclic esters (lactones) is 1. The Kier molecular flexibility index (Phi) is 3.23. The Hall–Kier alpha value is -2.43. The van der Waals surface area contributed by atoms with Crippen LogP contribution in [0.25, 0.3) is 6.08 Å². The molecule has 0 bridgehead atoms. The van der Waals surface area contributed by atoms with E-state index in [9.17, 15) is 9.59 Å². The third-order valence-electron chi connectivity index (χ3n) is 2.17. The van der Waals surface area contributed by atoms with Gasteiger partial charge in [-0.05, 0) is 23.8 Å². The number of rotatable bonds is 2. The van der Waals surface area contributed by atoms with Gasteiger partial charge in [0.1, 0.15) is 5.75 Å². The van der Waals surface area contributed by atoms with E-state index in [0.717, 1.165) is 5.56 Å². The molecule has 1 aromatic carbocycles. The normalized spacial score (nSPS) is 16.4. The first-order valence-corrected chi connectivity index (χ1v) is 5.32. The molecule has 0 fully saturated rings. The number of hydrogen-bond donors (Lipinski definition) is 0. The van der Waals surface area contributed by atoms with Crippen LogP contribution >= 0.6 is 0 Å². The van der Waals surface area contributed by atoms with Crippen molar-refractivity contribution < 1.29 is 19.1 Å². The predicted octanol–water partition coefficient (Wildman–Crippen LogP) is 1.93. The zero-order valence-electron chi connectivity index (χ0n) is 9.97. The number of carbonyl (C=O) groups excluding carboxylic acids is 2. The predicted molar refractivity (Wildman–Crippen MR) is 64.9 cm³/mol. The number of benzene rings is 1. The van der Waals surface area contributed by atoms with Crippen molar-refractivity contribution in [3.63, 3.8) is 0 Å². The minimum Gasteiger partial charge on any atom is -0.427 e. The molecule has 0 radical (unpaired) electrons. The van der Waals surface area contributed by atoms with Gasteiger partial charge < -0.3 is 9.47 Å². The fourth-order valence-electron chi connectivity index (χ4n) is 1.47. The van der Waals surface area contributed by atoms with Gasteiger partial charge in [-0.1, -0.05) is 12.1 Å². The fraction of sp³-hybridized carbons (Fsp3) is 0.154. The van der Waals surface area contributed by atoms with E-state index in [2.05, 4.69) is 4.99 Å². The molecule has 2 rings (SSSR count). The summed E-state index contributed by atoms with van der Waals surface area (Å²) < 4.78 is 9.69. The van der Waals surface area contributed by atoms with Gasteiger partial charge in [0.05, 0.1) is 0 Å². The molecule has 0 aromatic heterocycles. The molecule has 18 heavy (non-hydrogen) atoms. The Morgan fingerprint density at radius 2 is 2.00 bits per heavy atom. The number of hydrogen-bond acceptors (Lipinski definition) is 5. The summed E-state index contributed by atoms with van der Waals surface area (Å²) in [6.45, 7) is 2.95. The van der Waals surface area contributed by atoms with Crippen LogP contribution in [0.15, 0.2) is 35.0 Å². The highest BCUT2D eigenvalue weighted by atomic mass is 16.6. The summed E-state index contributed by atoms with van der Waals surface area (Å²) in [5.74, 6) is -0.0432. The smallest absolute Gasteiger partial charge is 0.363 e. The van der Waals surface area contributed by atoms with Crippen LogP contribution in [0.4, 0.5) is 0 Å². The maximum Gasteiger partial charge on any atom is 0.363 e. The van der Waals surface area contributed by atoms with Gasteiger partial charge in [-0.25, -0.2) is 9.79 Å². The van der Waals surface area contributed by atoms with E-state index in [1.54, 1.807) is 37.3 Å². The molecule has 0 amide bonds. The molecule has 92 valence electrons. The second kappa shape index (κ2) is 4.83. The van der Waals surface area contributed by atoms with Crippen LogP contribution in [0.3, 0.4) is 0 Å². The molecule has 1 heterocycles. The van der Waals surface area contributed by atoms with Gasteiger partial charge in [0.25, 0.3) is 0 Å². The first kappa shape index (κ1) is 12.0. The van der Waals surface area contributed by atoms with Crippen LogP contribution in [0, 0.1) is 0 Å². The maximum absolute atomic E-state index is 11.3. The number of nitrogens with zero attached hydrogens (tertiary/aromatic N) is 1. The summed E-state index contributed by atoms with van der Waals surface area (Å²) in [6, 6.07) is 6.73. The second-order valence-corrected chi connectivity index (χ2v) is 3.71. The average Bonchev–Trinajstić information content (AvgIpc) is 2.59. The van der Waals surface area contributed by atoms with E-state index >= 15 is 0 Å². The highest BCUT2D eigenvalue weighted by Crippen LogP contribution is 2.18. The molecule has 1 aromatic rings. The molecule has 0 N–H and O–H groups in total. The third-order valence-corrected chi connectivity index (χ3v) is 2.17. The lowest BCUT2D eigenvalue weighted by molar-refractivity contribution is -0.132. The number of carbonyl (C=O) groups is 2. The zero-order valence-corrected chi connectivity index (χ0v) is 9.97. The standard InChI is InChI=1S/C13H11NO4/c1-8-14-12(13(16)17-8)7-10-3-5-11(6-4-10)18-9(2)15/h3-7H,1-2H3/b12-7-. The van der Waals surface area contributed by atoms with Gasteiger partial charge in [-0.15, -0.1) is 0 Å². The Balaban J connectivity index is 2.18. The molecule has 5 nitrogen and oxygen atoms in total. The van der Waals surface area contributed by atoms with Gasteiger partial charge in [-0.2, -0.15) is 0 Å². The number of aliphatic imine (C=N–C) groups is 1. The number of ether oxygens (including phenoxy) is 2. The van der Waals surface area contributed by atoms with E-state index in [1.165, 1.54) is 6.92 Å². The molecule has 1 aliphatic rings. The summed E-state index contributed by atoms with van der Waals surface area (Å²) in [7, 11) is 0. The van der Waals surface area contributed by atoms with Gasteiger partial charge >= 0.3 is 11.9 Å².